The Kier molecular flexibility index (Phi) is 6.22. The van der Waals surface area contributed by atoms with Gasteiger partial charge in [0.05, 0.1) is 6.17 Å². The maximum absolute atomic E-state index is 11.0. The van der Waals surface area contributed by atoms with E-state index >= 15 is 0 Å². The first-order valence-corrected chi connectivity index (χ1v) is 6.68. The zero-order valence-corrected chi connectivity index (χ0v) is 11.2. The van der Waals surface area contributed by atoms with Crippen molar-refractivity contribution in [3.8, 4) is 0 Å². The minimum atomic E-state index is -0.0719. The van der Waals surface area contributed by atoms with Crippen molar-refractivity contribution >= 4 is 5.91 Å². The average molecular weight is 239 g/mol. The van der Waals surface area contributed by atoms with Crippen molar-refractivity contribution in [3.05, 3.63) is 12.2 Å². The molecule has 4 heteroatoms. The van der Waals surface area contributed by atoms with Crippen molar-refractivity contribution in [2.24, 2.45) is 5.92 Å². The van der Waals surface area contributed by atoms with Crippen LogP contribution >= 0.6 is 0 Å². The number of likely N-dealkylation sites (N-methyl/N-ethyl adjacent to an activating group) is 1. The third-order valence-electron chi connectivity index (χ3n) is 3.55. The molecule has 1 aliphatic heterocycles. The van der Waals surface area contributed by atoms with Gasteiger partial charge in [-0.3, -0.25) is 15.1 Å². The Morgan fingerprint density at radius 2 is 2.06 bits per heavy atom. The van der Waals surface area contributed by atoms with Gasteiger partial charge in [-0.1, -0.05) is 33.6 Å². The number of rotatable bonds is 7. The lowest BCUT2D eigenvalue weighted by Gasteiger charge is -2.32. The standard InChI is InChI=1S/C13H25N3O/c1-4-11(5-2)9-10-16(6-3)12-7-8-13(17)15-14-12/h7-8,11-12,14H,4-6,9-10H2,1-3H3,(H,15,17). The molecule has 1 atom stereocenters. The van der Waals surface area contributed by atoms with Crippen molar-refractivity contribution in [2.45, 2.75) is 46.2 Å². The molecule has 0 saturated heterocycles. The lowest BCUT2D eigenvalue weighted by molar-refractivity contribution is -0.118. The fourth-order valence-electron chi connectivity index (χ4n) is 2.17. The molecule has 0 radical (unpaired) electrons. The third-order valence-corrected chi connectivity index (χ3v) is 3.55. The van der Waals surface area contributed by atoms with E-state index in [2.05, 4.69) is 36.5 Å². The number of hydrazine groups is 1. The molecule has 1 aliphatic rings. The molecule has 1 rings (SSSR count). The predicted octanol–water partition coefficient (Wildman–Crippen LogP) is 1.65. The van der Waals surface area contributed by atoms with Crippen molar-refractivity contribution < 1.29 is 4.79 Å². The van der Waals surface area contributed by atoms with Gasteiger partial charge in [-0.15, -0.1) is 0 Å². The van der Waals surface area contributed by atoms with Gasteiger partial charge < -0.3 is 0 Å². The van der Waals surface area contributed by atoms with Crippen LogP contribution in [-0.4, -0.2) is 30.1 Å². The Bertz CT molecular complexity index is 261. The first kappa shape index (κ1) is 14.2. The van der Waals surface area contributed by atoms with E-state index in [1.54, 1.807) is 6.08 Å². The van der Waals surface area contributed by atoms with Crippen molar-refractivity contribution in [1.29, 1.82) is 0 Å². The monoisotopic (exact) mass is 239 g/mol. The maximum Gasteiger partial charge on any atom is 0.257 e. The molecule has 0 fully saturated rings. The Morgan fingerprint density at radius 3 is 2.53 bits per heavy atom. The molecule has 1 unspecified atom stereocenters. The molecule has 0 saturated carbocycles. The smallest absolute Gasteiger partial charge is 0.257 e. The first-order valence-electron chi connectivity index (χ1n) is 6.68. The highest BCUT2D eigenvalue weighted by Crippen LogP contribution is 2.14. The van der Waals surface area contributed by atoms with E-state index in [0.29, 0.717) is 0 Å². The molecule has 0 aliphatic carbocycles. The number of nitrogens with one attached hydrogen (secondary N) is 2. The zero-order chi connectivity index (χ0) is 12.7. The highest BCUT2D eigenvalue weighted by Gasteiger charge is 2.18. The van der Waals surface area contributed by atoms with Crippen LogP contribution in [0.15, 0.2) is 12.2 Å². The molecule has 98 valence electrons. The van der Waals surface area contributed by atoms with Gasteiger partial charge in [0.2, 0.25) is 0 Å². The van der Waals surface area contributed by atoms with Crippen LogP contribution in [0.5, 0.6) is 0 Å². The van der Waals surface area contributed by atoms with Gasteiger partial charge in [0.1, 0.15) is 0 Å². The first-order chi connectivity index (χ1) is 8.21. The fourth-order valence-corrected chi connectivity index (χ4v) is 2.17. The fraction of sp³-hybridized carbons (Fsp3) is 0.769. The minimum absolute atomic E-state index is 0.0719. The lowest BCUT2D eigenvalue weighted by atomic mass is 9.99. The number of carbonyl (C=O) groups is 1. The number of carbonyl (C=O) groups excluding carboxylic acids is 1. The molecule has 1 amide bonds. The van der Waals surface area contributed by atoms with Crippen molar-refractivity contribution in [1.82, 2.24) is 15.8 Å². The summed E-state index contributed by atoms with van der Waals surface area (Å²) in [5.74, 6) is 0.739. The topological polar surface area (TPSA) is 44.4 Å². The van der Waals surface area contributed by atoms with Gasteiger partial charge in [-0.2, -0.15) is 0 Å². The Labute approximate surface area is 104 Å². The van der Waals surface area contributed by atoms with E-state index in [9.17, 15) is 4.79 Å². The van der Waals surface area contributed by atoms with E-state index in [-0.39, 0.29) is 12.1 Å². The molecule has 4 nitrogen and oxygen atoms in total. The van der Waals surface area contributed by atoms with Crippen LogP contribution < -0.4 is 10.9 Å². The summed E-state index contributed by atoms with van der Waals surface area (Å²) in [5, 5.41) is 0. The molecule has 0 aromatic carbocycles. The second-order valence-corrected chi connectivity index (χ2v) is 4.54. The highest BCUT2D eigenvalue weighted by molar-refractivity contribution is 5.87. The summed E-state index contributed by atoms with van der Waals surface area (Å²) in [7, 11) is 0. The molecule has 2 N–H and O–H groups in total. The summed E-state index contributed by atoms with van der Waals surface area (Å²) in [4.78, 5) is 13.3. The van der Waals surface area contributed by atoms with Crippen LogP contribution in [0, 0.1) is 5.92 Å². The molecule has 0 spiro atoms. The molecule has 0 aromatic heterocycles. The summed E-state index contributed by atoms with van der Waals surface area (Å²) >= 11 is 0. The molecular weight excluding hydrogens is 214 g/mol. The summed E-state index contributed by atoms with van der Waals surface area (Å²) < 4.78 is 0. The number of hydrogen-bond donors (Lipinski definition) is 2. The third kappa shape index (κ3) is 4.48. The van der Waals surface area contributed by atoms with Crippen LogP contribution in [0.3, 0.4) is 0 Å². The Morgan fingerprint density at radius 1 is 1.35 bits per heavy atom. The minimum Gasteiger partial charge on any atom is -0.286 e. The quantitative estimate of drug-likeness (QED) is 0.710. The molecular formula is C13H25N3O. The molecule has 17 heavy (non-hydrogen) atoms. The van der Waals surface area contributed by atoms with Crippen LogP contribution in [0.4, 0.5) is 0 Å². The summed E-state index contributed by atoms with van der Waals surface area (Å²) in [5.41, 5.74) is 5.66. The summed E-state index contributed by atoms with van der Waals surface area (Å²) in [6.45, 7) is 8.71. The van der Waals surface area contributed by atoms with Crippen LogP contribution in [0.25, 0.3) is 0 Å². The van der Waals surface area contributed by atoms with Crippen LogP contribution in [0.2, 0.25) is 0 Å². The molecule has 1 heterocycles. The predicted molar refractivity (Wildman–Crippen MR) is 70.1 cm³/mol. The maximum atomic E-state index is 11.0. The van der Waals surface area contributed by atoms with Crippen molar-refractivity contribution in [2.75, 3.05) is 13.1 Å². The zero-order valence-electron chi connectivity index (χ0n) is 11.2. The molecule has 0 bridgehead atoms. The van der Waals surface area contributed by atoms with E-state index in [4.69, 9.17) is 0 Å². The van der Waals surface area contributed by atoms with Gasteiger partial charge in [-0.25, -0.2) is 5.43 Å². The summed E-state index contributed by atoms with van der Waals surface area (Å²) in [6, 6.07) is 0. The van der Waals surface area contributed by atoms with Crippen LogP contribution in [-0.2, 0) is 4.79 Å². The van der Waals surface area contributed by atoms with E-state index in [1.165, 1.54) is 19.3 Å². The molecule has 0 aromatic rings. The lowest BCUT2D eigenvalue weighted by Crippen LogP contribution is -2.54. The van der Waals surface area contributed by atoms with E-state index in [0.717, 1.165) is 19.0 Å². The summed E-state index contributed by atoms with van der Waals surface area (Å²) in [6.07, 6.45) is 7.38. The largest absolute Gasteiger partial charge is 0.286 e. The SMILES string of the molecule is CCC(CC)CCN(CC)C1C=CC(=O)NN1. The van der Waals surface area contributed by atoms with Gasteiger partial charge >= 0.3 is 0 Å². The Hall–Kier alpha value is -0.870. The van der Waals surface area contributed by atoms with Crippen molar-refractivity contribution in [3.63, 3.8) is 0 Å². The second-order valence-electron chi connectivity index (χ2n) is 4.54. The Balaban J connectivity index is 2.42. The second kappa shape index (κ2) is 7.45. The van der Waals surface area contributed by atoms with Gasteiger partial charge in [0.25, 0.3) is 5.91 Å². The van der Waals surface area contributed by atoms with E-state index < -0.39 is 0 Å². The number of amides is 1. The number of hydrogen-bond acceptors (Lipinski definition) is 3. The number of nitrogens with zero attached hydrogens (tertiary/aromatic N) is 1. The highest BCUT2D eigenvalue weighted by atomic mass is 16.2. The van der Waals surface area contributed by atoms with E-state index in [1.807, 2.05) is 6.08 Å². The van der Waals surface area contributed by atoms with Gasteiger partial charge in [0, 0.05) is 12.6 Å². The normalized spacial score (nSPS) is 20.1. The van der Waals surface area contributed by atoms with Gasteiger partial charge in [0.15, 0.2) is 0 Å². The average Bonchev–Trinajstić information content (AvgIpc) is 2.36. The van der Waals surface area contributed by atoms with Gasteiger partial charge in [-0.05, 0) is 25.0 Å². The van der Waals surface area contributed by atoms with Crippen LogP contribution in [0.1, 0.15) is 40.0 Å².